The lowest BCUT2D eigenvalue weighted by molar-refractivity contribution is -0.143. The van der Waals surface area contributed by atoms with E-state index in [0.29, 0.717) is 22.2 Å². The Hall–Kier alpha value is -2.24. The number of halogens is 2. The smallest absolute Gasteiger partial charge is 0.261 e. The van der Waals surface area contributed by atoms with E-state index in [1.807, 2.05) is 52.8 Å². The zero-order valence-electron chi connectivity index (χ0n) is 19.4. The number of ether oxygens (including phenoxy) is 1. The highest BCUT2D eigenvalue weighted by Crippen LogP contribution is 2.24. The number of nitrogens with zero attached hydrogens (tertiary/aromatic N) is 1. The molecule has 0 saturated heterocycles. The number of amides is 2. The largest absolute Gasteiger partial charge is 0.483 e. The van der Waals surface area contributed by atoms with Crippen LogP contribution < -0.4 is 10.1 Å². The second kappa shape index (κ2) is 12.1. The van der Waals surface area contributed by atoms with Crippen molar-refractivity contribution in [3.8, 4) is 5.75 Å². The minimum Gasteiger partial charge on any atom is -0.483 e. The first-order valence-corrected chi connectivity index (χ1v) is 11.7. The number of benzene rings is 2. The third-order valence-electron chi connectivity index (χ3n) is 5.42. The van der Waals surface area contributed by atoms with Crippen LogP contribution >= 0.6 is 23.2 Å². The predicted octanol–water partition coefficient (Wildman–Crippen LogP) is 5.71. The van der Waals surface area contributed by atoms with Gasteiger partial charge in [0.1, 0.15) is 11.8 Å². The van der Waals surface area contributed by atoms with Crippen molar-refractivity contribution >= 4 is 35.0 Å². The average molecular weight is 479 g/mol. The maximum absolute atomic E-state index is 13.3. The van der Waals surface area contributed by atoms with Crippen LogP contribution in [0.15, 0.2) is 36.4 Å². The second-order valence-corrected chi connectivity index (χ2v) is 8.88. The first-order valence-electron chi connectivity index (χ1n) is 10.9. The number of hydrogen-bond acceptors (Lipinski definition) is 3. The molecule has 0 saturated carbocycles. The molecule has 0 radical (unpaired) electrons. The van der Waals surface area contributed by atoms with Crippen LogP contribution in [0.25, 0.3) is 0 Å². The molecule has 0 fully saturated rings. The molecular formula is C25H32Cl2N2O3. The Morgan fingerprint density at radius 3 is 2.38 bits per heavy atom. The summed E-state index contributed by atoms with van der Waals surface area (Å²) in [5.41, 5.74) is 2.78. The van der Waals surface area contributed by atoms with E-state index in [9.17, 15) is 9.59 Å². The van der Waals surface area contributed by atoms with Crippen molar-refractivity contribution in [1.82, 2.24) is 10.2 Å². The molecular weight excluding hydrogens is 447 g/mol. The summed E-state index contributed by atoms with van der Waals surface area (Å²) in [6.07, 6.45) is 1.28. The monoisotopic (exact) mass is 478 g/mol. The second-order valence-electron chi connectivity index (χ2n) is 8.07. The van der Waals surface area contributed by atoms with E-state index >= 15 is 0 Å². The lowest BCUT2D eigenvalue weighted by atomic mass is 10.1. The molecule has 32 heavy (non-hydrogen) atoms. The van der Waals surface area contributed by atoms with Gasteiger partial charge in [0.05, 0.1) is 10.0 Å². The Morgan fingerprint density at radius 1 is 1.03 bits per heavy atom. The van der Waals surface area contributed by atoms with E-state index in [0.717, 1.165) is 23.1 Å². The molecule has 2 atom stereocenters. The molecule has 0 heterocycles. The molecule has 2 amide bonds. The standard InChI is InChI=1S/C25H32Cl2N2O3/c1-6-18(5)28-25(31)22(7-2)29(14-19-10-11-20(26)21(27)13-19)24(30)15-32-23-12-16(3)8-9-17(23)4/h8-13,18,22H,6-7,14-15H2,1-5H3,(H,28,31). The highest BCUT2D eigenvalue weighted by atomic mass is 35.5. The maximum atomic E-state index is 13.3. The van der Waals surface area contributed by atoms with Crippen molar-refractivity contribution in [3.05, 3.63) is 63.1 Å². The zero-order valence-corrected chi connectivity index (χ0v) is 20.9. The van der Waals surface area contributed by atoms with E-state index in [1.54, 1.807) is 23.1 Å². The third kappa shape index (κ3) is 7.14. The molecule has 2 unspecified atom stereocenters. The average Bonchev–Trinajstić information content (AvgIpc) is 2.76. The summed E-state index contributed by atoms with van der Waals surface area (Å²) in [4.78, 5) is 27.8. The van der Waals surface area contributed by atoms with Crippen LogP contribution in [0.1, 0.15) is 50.3 Å². The van der Waals surface area contributed by atoms with Crippen LogP contribution in [0.5, 0.6) is 5.75 Å². The van der Waals surface area contributed by atoms with Gasteiger partial charge in [0, 0.05) is 12.6 Å². The summed E-state index contributed by atoms with van der Waals surface area (Å²) >= 11 is 12.2. The number of hydrogen-bond donors (Lipinski definition) is 1. The fourth-order valence-corrected chi connectivity index (χ4v) is 3.60. The van der Waals surface area contributed by atoms with Crippen molar-refractivity contribution in [2.45, 2.75) is 66.1 Å². The Balaban J connectivity index is 2.28. The molecule has 0 spiro atoms. The predicted molar refractivity (Wildman–Crippen MR) is 130 cm³/mol. The van der Waals surface area contributed by atoms with Gasteiger partial charge in [-0.15, -0.1) is 0 Å². The summed E-state index contributed by atoms with van der Waals surface area (Å²) < 4.78 is 5.85. The van der Waals surface area contributed by atoms with E-state index in [4.69, 9.17) is 27.9 Å². The van der Waals surface area contributed by atoms with Crippen LogP contribution in [0, 0.1) is 13.8 Å². The van der Waals surface area contributed by atoms with Crippen LogP contribution in [0.2, 0.25) is 10.0 Å². The van der Waals surface area contributed by atoms with Crippen LogP contribution in [0.3, 0.4) is 0 Å². The number of aryl methyl sites for hydroxylation is 2. The van der Waals surface area contributed by atoms with Gasteiger partial charge in [-0.2, -0.15) is 0 Å². The van der Waals surface area contributed by atoms with E-state index in [2.05, 4.69) is 5.32 Å². The van der Waals surface area contributed by atoms with E-state index in [-0.39, 0.29) is 31.0 Å². The summed E-state index contributed by atoms with van der Waals surface area (Å²) in [6, 6.07) is 10.4. The van der Waals surface area contributed by atoms with E-state index in [1.165, 1.54) is 0 Å². The van der Waals surface area contributed by atoms with Gasteiger partial charge in [-0.3, -0.25) is 9.59 Å². The third-order valence-corrected chi connectivity index (χ3v) is 6.16. The first-order chi connectivity index (χ1) is 15.2. The number of carbonyl (C=O) groups is 2. The van der Waals surface area contributed by atoms with Gasteiger partial charge in [-0.1, -0.05) is 55.2 Å². The topological polar surface area (TPSA) is 58.6 Å². The summed E-state index contributed by atoms with van der Waals surface area (Å²) in [7, 11) is 0. The minimum absolute atomic E-state index is 0.0182. The Bertz CT molecular complexity index is 949. The van der Waals surface area contributed by atoms with Gasteiger partial charge in [-0.05, 0) is 68.5 Å². The van der Waals surface area contributed by atoms with Crippen molar-refractivity contribution in [1.29, 1.82) is 0 Å². The molecule has 2 aromatic rings. The quantitative estimate of drug-likeness (QED) is 0.475. The van der Waals surface area contributed by atoms with Gasteiger partial charge in [0.25, 0.3) is 5.91 Å². The molecule has 0 aliphatic carbocycles. The molecule has 2 aromatic carbocycles. The van der Waals surface area contributed by atoms with Crippen molar-refractivity contribution in [3.63, 3.8) is 0 Å². The summed E-state index contributed by atoms with van der Waals surface area (Å²) in [6.45, 7) is 9.79. The highest BCUT2D eigenvalue weighted by Gasteiger charge is 2.29. The lowest BCUT2D eigenvalue weighted by Gasteiger charge is -2.31. The Labute approximate surface area is 201 Å². The molecule has 7 heteroatoms. The van der Waals surface area contributed by atoms with Gasteiger partial charge in [0.2, 0.25) is 5.91 Å². The molecule has 1 N–H and O–H groups in total. The first kappa shape index (κ1) is 26.0. The normalized spacial score (nSPS) is 12.7. The fourth-order valence-electron chi connectivity index (χ4n) is 3.28. The van der Waals surface area contributed by atoms with Crippen LogP contribution in [0.4, 0.5) is 0 Å². The number of rotatable bonds is 10. The number of nitrogens with one attached hydrogen (secondary N) is 1. The fraction of sp³-hybridized carbons (Fsp3) is 0.440. The van der Waals surface area contributed by atoms with Gasteiger partial charge < -0.3 is 15.0 Å². The molecule has 0 aromatic heterocycles. The molecule has 174 valence electrons. The van der Waals surface area contributed by atoms with E-state index < -0.39 is 6.04 Å². The zero-order chi connectivity index (χ0) is 23.8. The molecule has 0 bridgehead atoms. The van der Waals surface area contributed by atoms with Gasteiger partial charge in [-0.25, -0.2) is 0 Å². The summed E-state index contributed by atoms with van der Waals surface area (Å²) in [5.74, 6) is 0.204. The minimum atomic E-state index is -0.631. The van der Waals surface area contributed by atoms with Crippen LogP contribution in [-0.4, -0.2) is 35.4 Å². The SMILES string of the molecule is CCC(C)NC(=O)C(CC)N(Cc1ccc(Cl)c(Cl)c1)C(=O)COc1cc(C)ccc1C. The molecule has 0 aliphatic heterocycles. The highest BCUT2D eigenvalue weighted by molar-refractivity contribution is 6.42. The molecule has 5 nitrogen and oxygen atoms in total. The summed E-state index contributed by atoms with van der Waals surface area (Å²) in [5, 5.41) is 3.83. The van der Waals surface area contributed by atoms with Crippen LogP contribution in [-0.2, 0) is 16.1 Å². The molecule has 0 aliphatic rings. The van der Waals surface area contributed by atoms with Crippen molar-refractivity contribution in [2.24, 2.45) is 0 Å². The molecule has 2 rings (SSSR count). The maximum Gasteiger partial charge on any atom is 0.261 e. The Kier molecular flexibility index (Phi) is 9.85. The van der Waals surface area contributed by atoms with Gasteiger partial charge in [0.15, 0.2) is 6.61 Å². The van der Waals surface area contributed by atoms with Crippen molar-refractivity contribution < 1.29 is 14.3 Å². The van der Waals surface area contributed by atoms with Gasteiger partial charge >= 0.3 is 0 Å². The lowest BCUT2D eigenvalue weighted by Crippen LogP contribution is -2.51. The Morgan fingerprint density at radius 2 is 1.75 bits per heavy atom. The number of carbonyl (C=O) groups excluding carboxylic acids is 2. The van der Waals surface area contributed by atoms with Crippen molar-refractivity contribution in [2.75, 3.05) is 6.61 Å².